The van der Waals surface area contributed by atoms with E-state index in [1.165, 1.54) is 19.2 Å². The number of hydrogen-bond donors (Lipinski definition) is 14. The fraction of sp³-hybridized carbons (Fsp3) is 0.491. The number of aliphatic hydroxyl groups is 1. The van der Waals surface area contributed by atoms with Crippen LogP contribution in [0.2, 0.25) is 0 Å². The quantitative estimate of drug-likeness (QED) is 0.00864. The lowest BCUT2D eigenvalue weighted by Crippen LogP contribution is -2.52. The monoisotopic (exact) mass is 1180 g/mol. The van der Waals surface area contributed by atoms with Crippen molar-refractivity contribution in [3.63, 3.8) is 0 Å². The summed E-state index contributed by atoms with van der Waals surface area (Å²) in [6.45, 7) is 10.4. The number of carbonyl (C=O) groups excluding carboxylic acids is 5. The maximum absolute atomic E-state index is 14.9. The molecule has 84 heavy (non-hydrogen) atoms. The number of aliphatic imine (C=N–C) groups is 4. The molecule has 0 unspecified atom stereocenters. The van der Waals surface area contributed by atoms with Gasteiger partial charge in [0.05, 0.1) is 26.2 Å². The third kappa shape index (κ3) is 22.6. The fourth-order valence-electron chi connectivity index (χ4n) is 8.44. The normalized spacial score (nSPS) is 12.2. The third-order valence-electron chi connectivity index (χ3n) is 12.6. The number of amides is 3. The van der Waals surface area contributed by atoms with Crippen LogP contribution in [0.15, 0.2) is 76.9 Å². The lowest BCUT2D eigenvalue weighted by Gasteiger charge is -2.24. The second kappa shape index (κ2) is 34.9. The van der Waals surface area contributed by atoms with Crippen molar-refractivity contribution in [2.45, 2.75) is 123 Å². The van der Waals surface area contributed by atoms with Gasteiger partial charge in [-0.2, -0.15) is 0 Å². The summed E-state index contributed by atoms with van der Waals surface area (Å²) in [4.78, 5) is 97.6. The predicted octanol–water partition coefficient (Wildman–Crippen LogP) is -0.594. The number of fused-ring (bicyclic) bond motifs is 2. The average molecular weight is 1180 g/mol. The Labute approximate surface area is 486 Å². The molecule has 22 N–H and O–H groups in total. The summed E-state index contributed by atoms with van der Waals surface area (Å²) in [5.41, 5.74) is 45.5. The number of nitrogens with one attached hydrogen (secondary N) is 4. The van der Waals surface area contributed by atoms with E-state index in [0.717, 1.165) is 18.3 Å². The number of esters is 2. The van der Waals surface area contributed by atoms with Gasteiger partial charge in [0.15, 0.2) is 30.4 Å². The Morgan fingerprint density at radius 3 is 1.39 bits per heavy atom. The first-order chi connectivity index (χ1) is 39.8. The molecule has 2 aromatic carbocycles. The molecule has 0 aliphatic heterocycles. The number of allylic oxidation sites excluding steroid dienone is 4. The third-order valence-corrected chi connectivity index (χ3v) is 12.6. The zero-order chi connectivity index (χ0) is 62.6. The van der Waals surface area contributed by atoms with Crippen molar-refractivity contribution in [1.29, 1.82) is 0 Å². The number of hydrogen-bond acceptors (Lipinski definition) is 18. The number of phenols is 1. The van der Waals surface area contributed by atoms with E-state index < -0.39 is 78.2 Å². The average Bonchev–Trinajstić information content (AvgIpc) is 1.46. The maximum atomic E-state index is 14.9. The van der Waals surface area contributed by atoms with Crippen molar-refractivity contribution in [3.8, 4) is 17.2 Å². The van der Waals surface area contributed by atoms with E-state index >= 15 is 0 Å². The molecule has 0 saturated heterocycles. The van der Waals surface area contributed by atoms with Crippen LogP contribution in [0, 0.1) is 0 Å². The van der Waals surface area contributed by atoms with Gasteiger partial charge in [0.25, 0.3) is 5.91 Å². The highest BCUT2D eigenvalue weighted by Crippen LogP contribution is 2.39. The highest BCUT2D eigenvalue weighted by atomic mass is 16.5. The van der Waals surface area contributed by atoms with Crippen LogP contribution in [0.25, 0.3) is 21.9 Å². The first kappa shape index (κ1) is 69.0. The van der Waals surface area contributed by atoms with E-state index in [1.807, 2.05) is 39.8 Å². The Kier molecular flexibility index (Phi) is 28.6. The molecular weight excluding hydrogens is 1090 g/mol. The Hall–Kier alpha value is -9.28. The molecule has 3 amide bonds. The minimum atomic E-state index is -1.24. The summed E-state index contributed by atoms with van der Waals surface area (Å²) in [6, 6.07) is -1.66. The summed E-state index contributed by atoms with van der Waals surface area (Å²) in [5, 5.41) is 33.9. The summed E-state index contributed by atoms with van der Waals surface area (Å²) >= 11 is 0. The molecule has 0 saturated carbocycles. The zero-order valence-electron chi connectivity index (χ0n) is 48.6. The topological polar surface area (TPSA) is 499 Å². The van der Waals surface area contributed by atoms with Gasteiger partial charge in [0.2, 0.25) is 17.2 Å². The maximum Gasteiger partial charge on any atom is 0.328 e. The van der Waals surface area contributed by atoms with E-state index in [4.69, 9.17) is 69.2 Å². The number of ether oxygens (including phenoxy) is 4. The molecule has 1 heterocycles. The van der Waals surface area contributed by atoms with Gasteiger partial charge >= 0.3 is 11.9 Å². The summed E-state index contributed by atoms with van der Waals surface area (Å²) in [7, 11) is 2.35. The molecule has 462 valence electrons. The van der Waals surface area contributed by atoms with Gasteiger partial charge in [0.1, 0.15) is 64.6 Å². The summed E-state index contributed by atoms with van der Waals surface area (Å²) in [5.74, 6) is -4.56. The van der Waals surface area contributed by atoms with Gasteiger partial charge in [0, 0.05) is 55.1 Å². The minimum absolute atomic E-state index is 0.0129. The van der Waals surface area contributed by atoms with Gasteiger partial charge in [-0.25, -0.2) is 9.59 Å². The predicted molar refractivity (Wildman–Crippen MR) is 320 cm³/mol. The van der Waals surface area contributed by atoms with Gasteiger partial charge in [-0.1, -0.05) is 29.9 Å². The van der Waals surface area contributed by atoms with Crippen molar-refractivity contribution in [2.75, 3.05) is 53.6 Å². The van der Waals surface area contributed by atoms with Gasteiger partial charge in [-0.05, 0) is 97.5 Å². The molecule has 0 bridgehead atoms. The standard InChI is InChI=1S/C55H84N16O13/c1-29(2)16-18-32-34(26-72)40(83-28-43(73)69-36(13-9-21-65-53(58)59)49(77)71-38(51(79)81-7)15-11-23-67-55(62)63)25-41-44(32)47(75)45-42(84-41)24-39(33(46(45)74)19-17-30(3)4)82-27-31(5)68-35(12-8-20-64-52(56)57)48(76)70-37(50(78)80-6)14-10-22-66-54(60)61/h16-17,24-25,35-38,68,72,74H,5,8-15,18-23,26-28H2,1-4,6-7H3,(H,69,73)(H,70,76)(H,71,77)(H4,56,57,64)(H4,58,59,65)(H4,60,61,66)(H4,62,63,67)/t35-,36-,37-,38-/m0/s1. The van der Waals surface area contributed by atoms with Crippen LogP contribution in [0.4, 0.5) is 0 Å². The number of phenolic OH excluding ortho intramolecular Hbond substituents is 1. The van der Waals surface area contributed by atoms with E-state index in [-0.39, 0.29) is 157 Å². The van der Waals surface area contributed by atoms with Crippen molar-refractivity contribution < 1.29 is 57.6 Å². The number of methoxy groups -OCH3 is 2. The number of rotatable bonds is 36. The number of aromatic hydroxyl groups is 1. The zero-order valence-corrected chi connectivity index (χ0v) is 48.6. The van der Waals surface area contributed by atoms with Crippen LogP contribution in [0.3, 0.4) is 0 Å². The molecule has 3 aromatic rings. The SMILES string of the molecule is C=C(COc1cc2oc3cc(OCC(=O)N[C@@H](CCCN=C(N)N)C(=O)N[C@@H](CCCN=C(N)N)C(=O)OC)c(CO)c(CC=C(C)C)c3c(=O)c2c(O)c1CC=C(C)C)N[C@@H](CCCN=C(N)N)C(=O)N[C@@H](CCCN=C(N)N)C(=O)OC. The molecule has 0 aliphatic carbocycles. The van der Waals surface area contributed by atoms with Gasteiger partial charge < -0.3 is 101 Å². The fourth-order valence-corrected chi connectivity index (χ4v) is 8.44. The van der Waals surface area contributed by atoms with Gasteiger partial charge in [-0.15, -0.1) is 0 Å². The van der Waals surface area contributed by atoms with Crippen LogP contribution in [0.5, 0.6) is 17.2 Å². The van der Waals surface area contributed by atoms with Crippen LogP contribution >= 0.6 is 0 Å². The molecule has 29 heteroatoms. The second-order valence-electron chi connectivity index (χ2n) is 19.8. The number of benzene rings is 2. The van der Waals surface area contributed by atoms with Crippen molar-refractivity contribution >= 4 is 75.4 Å². The smallest absolute Gasteiger partial charge is 0.328 e. The van der Waals surface area contributed by atoms with Crippen LogP contribution in [-0.4, -0.2) is 141 Å². The number of aliphatic hydroxyl groups excluding tert-OH is 1. The molecule has 0 spiro atoms. The first-order valence-electron chi connectivity index (χ1n) is 27.0. The molecule has 1 aromatic heterocycles. The Balaban J connectivity index is 2.11. The summed E-state index contributed by atoms with van der Waals surface area (Å²) < 4.78 is 28.7. The Morgan fingerprint density at radius 2 is 0.976 bits per heavy atom. The molecule has 29 nitrogen and oxygen atoms in total. The number of guanidine groups is 4. The lowest BCUT2D eigenvalue weighted by atomic mass is 9.95. The molecule has 0 fully saturated rings. The molecule has 4 atom stereocenters. The van der Waals surface area contributed by atoms with Crippen LogP contribution in [-0.2, 0) is 52.9 Å². The van der Waals surface area contributed by atoms with Gasteiger partial charge in [-0.3, -0.25) is 39.1 Å². The molecular formula is C55H84N16O13. The first-order valence-corrected chi connectivity index (χ1v) is 27.0. The highest BCUT2D eigenvalue weighted by Gasteiger charge is 2.30. The minimum Gasteiger partial charge on any atom is -0.507 e. The number of nitrogens with zero attached hydrogens (tertiary/aromatic N) is 4. The largest absolute Gasteiger partial charge is 0.507 e. The van der Waals surface area contributed by atoms with E-state index in [0.29, 0.717) is 19.3 Å². The van der Waals surface area contributed by atoms with Crippen molar-refractivity contribution in [1.82, 2.24) is 21.3 Å². The Bertz CT molecular complexity index is 3040. The second-order valence-corrected chi connectivity index (χ2v) is 19.8. The van der Waals surface area contributed by atoms with E-state index in [9.17, 15) is 39.0 Å². The van der Waals surface area contributed by atoms with E-state index in [2.05, 4.69) is 47.8 Å². The molecule has 0 radical (unpaired) electrons. The number of nitrogens with two attached hydrogens (primary N) is 8. The van der Waals surface area contributed by atoms with Crippen LogP contribution < -0.4 is 82.0 Å². The van der Waals surface area contributed by atoms with Crippen molar-refractivity contribution in [3.05, 3.63) is 74.6 Å². The van der Waals surface area contributed by atoms with E-state index in [1.54, 1.807) is 0 Å². The molecule has 3 rings (SSSR count). The summed E-state index contributed by atoms with van der Waals surface area (Å²) in [6.07, 6.45) is 5.41. The molecule has 0 aliphatic rings. The van der Waals surface area contributed by atoms with Crippen molar-refractivity contribution in [2.24, 2.45) is 65.8 Å². The highest BCUT2D eigenvalue weighted by molar-refractivity contribution is 5.98. The Morgan fingerprint density at radius 1 is 0.583 bits per heavy atom. The number of carbonyl (C=O) groups is 5. The van der Waals surface area contributed by atoms with Crippen LogP contribution in [0.1, 0.15) is 95.8 Å². The lowest BCUT2D eigenvalue weighted by molar-refractivity contribution is -0.146.